The summed E-state index contributed by atoms with van der Waals surface area (Å²) in [6.07, 6.45) is 0. The van der Waals surface area contributed by atoms with Crippen LogP contribution in [0.4, 0.5) is 0 Å². The zero-order chi connectivity index (χ0) is 21.3. The van der Waals surface area contributed by atoms with Gasteiger partial charge in [0, 0.05) is 11.3 Å². The zero-order valence-electron chi connectivity index (χ0n) is 16.1. The van der Waals surface area contributed by atoms with Crippen molar-refractivity contribution < 1.29 is 28.6 Å². The van der Waals surface area contributed by atoms with Gasteiger partial charge in [0.1, 0.15) is 23.9 Å². The zero-order valence-corrected chi connectivity index (χ0v) is 16.1. The van der Waals surface area contributed by atoms with Gasteiger partial charge in [0.25, 0.3) is 0 Å². The van der Waals surface area contributed by atoms with E-state index in [2.05, 4.69) is 4.74 Å². The molecule has 0 bridgehead atoms. The number of hydrogen-bond acceptors (Lipinski definition) is 8. The number of carbonyl (C=O) groups excluding carboxylic acids is 3. The van der Waals surface area contributed by atoms with Gasteiger partial charge in [0.05, 0.1) is 19.3 Å². The van der Waals surface area contributed by atoms with E-state index in [9.17, 15) is 19.6 Å². The largest absolute Gasteiger partial charge is 0.468 e. The topological polar surface area (TPSA) is 132 Å². The highest BCUT2D eigenvalue weighted by atomic mass is 16.5. The molecule has 1 aromatic carbocycles. The second-order valence-electron chi connectivity index (χ2n) is 6.35. The third kappa shape index (κ3) is 2.72. The SMILES string of the molecule is CCOC(=O)C1=C(C)N(CC(=O)OC)C(=O)[C@@]12C(C#N)=C(N)Oc1ccccc12. The lowest BCUT2D eigenvalue weighted by atomic mass is 9.68. The predicted molar refractivity (Wildman–Crippen MR) is 98.6 cm³/mol. The minimum atomic E-state index is -1.88. The van der Waals surface area contributed by atoms with Gasteiger partial charge in [-0.05, 0) is 19.9 Å². The van der Waals surface area contributed by atoms with E-state index in [-0.39, 0.29) is 40.6 Å². The van der Waals surface area contributed by atoms with Gasteiger partial charge in [-0.1, -0.05) is 18.2 Å². The van der Waals surface area contributed by atoms with Crippen LogP contribution >= 0.6 is 0 Å². The molecule has 9 heteroatoms. The Hall–Kier alpha value is -3.80. The van der Waals surface area contributed by atoms with Crippen molar-refractivity contribution in [3.05, 3.63) is 52.6 Å². The number of ether oxygens (including phenoxy) is 3. The van der Waals surface area contributed by atoms with Crippen molar-refractivity contribution >= 4 is 17.8 Å². The van der Waals surface area contributed by atoms with Gasteiger partial charge in [-0.25, -0.2) is 4.79 Å². The van der Waals surface area contributed by atoms with Gasteiger partial charge < -0.3 is 24.8 Å². The van der Waals surface area contributed by atoms with Crippen LogP contribution in [0.15, 0.2) is 47.0 Å². The molecule has 3 rings (SSSR count). The minimum Gasteiger partial charge on any atom is -0.468 e. The van der Waals surface area contributed by atoms with E-state index >= 15 is 0 Å². The summed E-state index contributed by atoms with van der Waals surface area (Å²) in [7, 11) is 1.19. The molecule has 2 heterocycles. The number of rotatable bonds is 4. The summed E-state index contributed by atoms with van der Waals surface area (Å²) in [6, 6.07) is 8.39. The number of hydrogen-bond donors (Lipinski definition) is 1. The van der Waals surface area contributed by atoms with E-state index in [1.165, 1.54) is 14.0 Å². The van der Waals surface area contributed by atoms with E-state index in [0.29, 0.717) is 0 Å². The molecule has 1 amide bonds. The number of fused-ring (bicyclic) bond motifs is 2. The van der Waals surface area contributed by atoms with Crippen LogP contribution in [0.25, 0.3) is 0 Å². The van der Waals surface area contributed by atoms with Crippen molar-refractivity contribution in [1.29, 1.82) is 5.26 Å². The van der Waals surface area contributed by atoms with E-state index < -0.39 is 29.8 Å². The maximum Gasteiger partial charge on any atom is 0.337 e. The first-order valence-corrected chi connectivity index (χ1v) is 8.79. The number of nitrogens with zero attached hydrogens (tertiary/aromatic N) is 2. The first-order valence-electron chi connectivity index (χ1n) is 8.79. The molecule has 1 atom stereocenters. The Bertz CT molecular complexity index is 1020. The fourth-order valence-corrected chi connectivity index (χ4v) is 3.73. The number of nitrogens with two attached hydrogens (primary N) is 1. The van der Waals surface area contributed by atoms with Crippen molar-refractivity contribution in [1.82, 2.24) is 4.90 Å². The average molecular weight is 397 g/mol. The number of benzene rings is 1. The van der Waals surface area contributed by atoms with Crippen LogP contribution in [-0.4, -0.2) is 43.0 Å². The van der Waals surface area contributed by atoms with Crippen molar-refractivity contribution in [3.8, 4) is 11.8 Å². The lowest BCUT2D eigenvalue weighted by molar-refractivity contribution is -0.146. The summed E-state index contributed by atoms with van der Waals surface area (Å²) < 4.78 is 15.4. The van der Waals surface area contributed by atoms with Crippen molar-refractivity contribution in [2.24, 2.45) is 5.73 Å². The number of nitriles is 1. The fourth-order valence-electron chi connectivity index (χ4n) is 3.73. The van der Waals surface area contributed by atoms with Crippen molar-refractivity contribution in [3.63, 3.8) is 0 Å². The second kappa shape index (κ2) is 7.31. The highest BCUT2D eigenvalue weighted by molar-refractivity contribution is 6.13. The monoisotopic (exact) mass is 397 g/mol. The number of carbonyl (C=O) groups is 3. The summed E-state index contributed by atoms with van der Waals surface area (Å²) in [5.41, 5.74) is 4.22. The summed E-state index contributed by atoms with van der Waals surface area (Å²) in [5.74, 6) is -2.23. The third-order valence-electron chi connectivity index (χ3n) is 4.95. The summed E-state index contributed by atoms with van der Waals surface area (Å²) in [5, 5.41) is 9.86. The third-order valence-corrected chi connectivity index (χ3v) is 4.95. The Morgan fingerprint density at radius 3 is 2.66 bits per heavy atom. The average Bonchev–Trinajstić information content (AvgIpc) is 2.90. The van der Waals surface area contributed by atoms with Crippen LogP contribution in [0, 0.1) is 11.3 Å². The van der Waals surface area contributed by atoms with Crippen molar-refractivity contribution in [2.75, 3.05) is 20.3 Å². The highest BCUT2D eigenvalue weighted by Crippen LogP contribution is 2.53. The van der Waals surface area contributed by atoms with Gasteiger partial charge in [-0.3, -0.25) is 9.59 Å². The molecule has 0 saturated heterocycles. The quantitative estimate of drug-likeness (QED) is 0.740. The molecule has 29 heavy (non-hydrogen) atoms. The smallest absolute Gasteiger partial charge is 0.337 e. The predicted octanol–water partition coefficient (Wildman–Crippen LogP) is 0.863. The molecular formula is C20H19N3O6. The lowest BCUT2D eigenvalue weighted by Crippen LogP contribution is -2.48. The molecule has 0 saturated carbocycles. The Kier molecular flexibility index (Phi) is 5.03. The van der Waals surface area contributed by atoms with Crippen LogP contribution in [0.1, 0.15) is 19.4 Å². The van der Waals surface area contributed by atoms with Crippen LogP contribution in [0.5, 0.6) is 5.75 Å². The first-order chi connectivity index (χ1) is 13.8. The molecule has 2 aliphatic heterocycles. The molecule has 0 aromatic heterocycles. The maximum atomic E-state index is 13.7. The van der Waals surface area contributed by atoms with E-state index in [1.807, 2.05) is 6.07 Å². The summed E-state index contributed by atoms with van der Waals surface area (Å²) in [4.78, 5) is 39.7. The van der Waals surface area contributed by atoms with Gasteiger partial charge in [0.15, 0.2) is 5.41 Å². The molecule has 0 aliphatic carbocycles. The van der Waals surface area contributed by atoms with Gasteiger partial charge in [0.2, 0.25) is 11.8 Å². The minimum absolute atomic E-state index is 0.0517. The van der Waals surface area contributed by atoms with Gasteiger partial charge in [-0.2, -0.15) is 5.26 Å². The van der Waals surface area contributed by atoms with E-state index in [0.717, 1.165) is 4.90 Å². The maximum absolute atomic E-state index is 13.7. The molecule has 150 valence electrons. The number of amides is 1. The molecule has 1 aromatic rings. The van der Waals surface area contributed by atoms with E-state index in [4.69, 9.17) is 15.2 Å². The molecule has 2 N–H and O–H groups in total. The number of esters is 2. The molecule has 2 aliphatic rings. The highest BCUT2D eigenvalue weighted by Gasteiger charge is 2.62. The first kappa shape index (κ1) is 19.9. The molecular weight excluding hydrogens is 378 g/mol. The normalized spacial score (nSPS) is 20.3. The molecule has 9 nitrogen and oxygen atoms in total. The number of methoxy groups -OCH3 is 1. The Balaban J connectivity index is 2.38. The molecule has 0 radical (unpaired) electrons. The van der Waals surface area contributed by atoms with Crippen LogP contribution in [0.3, 0.4) is 0 Å². The lowest BCUT2D eigenvalue weighted by Gasteiger charge is -2.35. The van der Waals surface area contributed by atoms with Crippen LogP contribution in [-0.2, 0) is 29.3 Å². The molecule has 0 unspecified atom stereocenters. The fraction of sp³-hybridized carbons (Fsp3) is 0.300. The van der Waals surface area contributed by atoms with Crippen LogP contribution in [0.2, 0.25) is 0 Å². The van der Waals surface area contributed by atoms with Crippen LogP contribution < -0.4 is 10.5 Å². The number of allylic oxidation sites excluding steroid dienone is 1. The molecule has 1 spiro atoms. The summed E-state index contributed by atoms with van der Waals surface area (Å²) in [6.45, 7) is 2.74. The molecule has 0 fully saturated rings. The van der Waals surface area contributed by atoms with E-state index in [1.54, 1.807) is 31.2 Å². The number of para-hydroxylation sites is 1. The standard InChI is InChI=1S/C20H19N3O6/c1-4-28-18(25)16-11(2)23(10-15(24)27-3)19(26)20(16)12-7-5-6-8-14(12)29-17(22)13(20)9-21/h5-8H,4,10,22H2,1-3H3/t20-/m0/s1. The Morgan fingerprint density at radius 2 is 2.03 bits per heavy atom. The summed E-state index contributed by atoms with van der Waals surface area (Å²) >= 11 is 0. The van der Waals surface area contributed by atoms with Gasteiger partial charge in [-0.15, -0.1) is 0 Å². The van der Waals surface area contributed by atoms with Crippen molar-refractivity contribution in [2.45, 2.75) is 19.3 Å². The Morgan fingerprint density at radius 1 is 1.34 bits per heavy atom. The second-order valence-corrected chi connectivity index (χ2v) is 6.35. The Labute approximate surface area is 166 Å². The van der Waals surface area contributed by atoms with Gasteiger partial charge >= 0.3 is 11.9 Å².